The summed E-state index contributed by atoms with van der Waals surface area (Å²) >= 11 is 0. The van der Waals surface area contributed by atoms with Crippen LogP contribution in [0.15, 0.2) is 6.07 Å². The Morgan fingerprint density at radius 3 is 2.32 bits per heavy atom. The Morgan fingerprint density at radius 1 is 1.16 bits per heavy atom. The van der Waals surface area contributed by atoms with Crippen molar-refractivity contribution >= 4 is 0 Å². The van der Waals surface area contributed by atoms with Crippen molar-refractivity contribution in [1.82, 2.24) is 9.97 Å². The minimum Gasteiger partial charge on any atom is -0.325 e. The molecule has 1 fully saturated rings. The van der Waals surface area contributed by atoms with E-state index in [0.29, 0.717) is 17.9 Å². The van der Waals surface area contributed by atoms with Crippen molar-refractivity contribution in [3.63, 3.8) is 0 Å². The van der Waals surface area contributed by atoms with Gasteiger partial charge in [-0.3, -0.25) is 0 Å². The maximum absolute atomic E-state index is 5.71. The maximum atomic E-state index is 5.71. The Bertz CT molecular complexity index is 426. The van der Waals surface area contributed by atoms with Gasteiger partial charge < -0.3 is 5.73 Å². The first-order valence-electron chi connectivity index (χ1n) is 7.44. The maximum Gasteiger partial charge on any atom is 0.131 e. The zero-order valence-electron chi connectivity index (χ0n) is 12.7. The van der Waals surface area contributed by atoms with Crippen molar-refractivity contribution in [3.8, 4) is 0 Å². The second-order valence-electron chi connectivity index (χ2n) is 6.98. The second-order valence-corrected chi connectivity index (χ2v) is 6.98. The van der Waals surface area contributed by atoms with Gasteiger partial charge in [-0.1, -0.05) is 20.8 Å². The molecule has 0 spiro atoms. The summed E-state index contributed by atoms with van der Waals surface area (Å²) < 4.78 is 0. The highest BCUT2D eigenvalue weighted by molar-refractivity contribution is 5.12. The molecule has 2 rings (SSSR count). The van der Waals surface area contributed by atoms with Crippen LogP contribution >= 0.6 is 0 Å². The van der Waals surface area contributed by atoms with Gasteiger partial charge in [0.05, 0.1) is 5.69 Å². The van der Waals surface area contributed by atoms with Crippen LogP contribution in [-0.2, 0) is 6.54 Å². The third-order valence-electron chi connectivity index (χ3n) is 4.45. The van der Waals surface area contributed by atoms with Crippen LogP contribution in [0.1, 0.15) is 69.6 Å². The molecule has 0 saturated heterocycles. The monoisotopic (exact) mass is 261 g/mol. The molecule has 1 aromatic rings. The van der Waals surface area contributed by atoms with Gasteiger partial charge in [-0.25, -0.2) is 9.97 Å². The smallest absolute Gasteiger partial charge is 0.131 e. The predicted octanol–water partition coefficient (Wildman–Crippen LogP) is 3.56. The molecule has 3 nitrogen and oxygen atoms in total. The summed E-state index contributed by atoms with van der Waals surface area (Å²) in [5.74, 6) is 2.39. The summed E-state index contributed by atoms with van der Waals surface area (Å²) in [5.41, 5.74) is 8.15. The molecular formula is C16H27N3. The van der Waals surface area contributed by atoms with E-state index in [2.05, 4.69) is 30.7 Å². The quantitative estimate of drug-likeness (QED) is 0.885. The number of aromatic nitrogens is 2. The fraction of sp³-hybridized carbons (Fsp3) is 0.750. The first kappa shape index (κ1) is 14.4. The van der Waals surface area contributed by atoms with Crippen molar-refractivity contribution in [2.45, 2.75) is 65.8 Å². The molecule has 0 radical (unpaired) electrons. The summed E-state index contributed by atoms with van der Waals surface area (Å²) in [4.78, 5) is 9.25. The summed E-state index contributed by atoms with van der Waals surface area (Å²) in [6.45, 7) is 9.61. The summed E-state index contributed by atoms with van der Waals surface area (Å²) in [7, 11) is 0. The molecular weight excluding hydrogens is 234 g/mol. The van der Waals surface area contributed by atoms with Crippen molar-refractivity contribution in [2.75, 3.05) is 0 Å². The Balaban J connectivity index is 2.07. The first-order chi connectivity index (χ1) is 8.90. The van der Waals surface area contributed by atoms with E-state index < -0.39 is 0 Å². The largest absolute Gasteiger partial charge is 0.325 e. The molecule has 0 unspecified atom stereocenters. The number of hydrogen-bond acceptors (Lipinski definition) is 3. The van der Waals surface area contributed by atoms with Crippen LogP contribution < -0.4 is 5.73 Å². The lowest BCUT2D eigenvalue weighted by molar-refractivity contribution is 0.167. The highest BCUT2D eigenvalue weighted by Crippen LogP contribution is 2.42. The van der Waals surface area contributed by atoms with Crippen molar-refractivity contribution in [3.05, 3.63) is 23.3 Å². The minimum absolute atomic E-state index is 0.431. The molecule has 1 saturated carbocycles. The van der Waals surface area contributed by atoms with Crippen LogP contribution in [0, 0.1) is 18.3 Å². The van der Waals surface area contributed by atoms with E-state index in [1.807, 2.05) is 13.0 Å². The molecule has 19 heavy (non-hydrogen) atoms. The molecule has 1 aliphatic rings. The van der Waals surface area contributed by atoms with Crippen molar-refractivity contribution < 1.29 is 0 Å². The van der Waals surface area contributed by atoms with Crippen LogP contribution in [0.2, 0.25) is 0 Å². The van der Waals surface area contributed by atoms with Crippen molar-refractivity contribution in [1.29, 1.82) is 0 Å². The fourth-order valence-corrected chi connectivity index (χ4v) is 3.16. The highest BCUT2D eigenvalue weighted by atomic mass is 14.9. The molecule has 0 atom stereocenters. The number of rotatable bonds is 2. The third kappa shape index (κ3) is 3.53. The van der Waals surface area contributed by atoms with Gasteiger partial charge in [0.15, 0.2) is 0 Å². The second kappa shape index (κ2) is 5.58. The molecule has 106 valence electrons. The van der Waals surface area contributed by atoms with Gasteiger partial charge in [0.1, 0.15) is 5.82 Å². The number of nitrogens with two attached hydrogens (primary N) is 1. The number of hydrogen-bond donors (Lipinski definition) is 1. The van der Waals surface area contributed by atoms with Gasteiger partial charge in [-0.15, -0.1) is 0 Å². The van der Waals surface area contributed by atoms with E-state index in [0.717, 1.165) is 23.1 Å². The Labute approximate surface area is 117 Å². The molecule has 2 N–H and O–H groups in total. The average molecular weight is 261 g/mol. The zero-order chi connectivity index (χ0) is 14.0. The standard InChI is InChI=1S/C16H27N3/c1-11-9-14(10-17)19-15(18-11)12-5-7-13(8-6-12)16(2,3)4/h9,12-13H,5-8,10,17H2,1-4H3. The van der Waals surface area contributed by atoms with Crippen LogP contribution in [0.5, 0.6) is 0 Å². The highest BCUT2D eigenvalue weighted by Gasteiger charge is 2.31. The molecule has 1 aromatic heterocycles. The van der Waals surface area contributed by atoms with Gasteiger partial charge in [-0.05, 0) is 50.0 Å². The normalized spacial score (nSPS) is 24.5. The zero-order valence-corrected chi connectivity index (χ0v) is 12.7. The van der Waals surface area contributed by atoms with Gasteiger partial charge >= 0.3 is 0 Å². The fourth-order valence-electron chi connectivity index (χ4n) is 3.16. The number of nitrogens with zero attached hydrogens (tertiary/aromatic N) is 2. The lowest BCUT2D eigenvalue weighted by atomic mass is 9.69. The Morgan fingerprint density at radius 2 is 1.79 bits per heavy atom. The third-order valence-corrected chi connectivity index (χ3v) is 4.45. The van der Waals surface area contributed by atoms with E-state index in [1.165, 1.54) is 25.7 Å². The van der Waals surface area contributed by atoms with E-state index in [4.69, 9.17) is 5.73 Å². The molecule has 0 aromatic carbocycles. The van der Waals surface area contributed by atoms with Crippen LogP contribution in [0.3, 0.4) is 0 Å². The summed E-state index contributed by atoms with van der Waals surface area (Å²) in [5, 5.41) is 0. The van der Waals surface area contributed by atoms with Gasteiger partial charge in [-0.2, -0.15) is 0 Å². The van der Waals surface area contributed by atoms with Gasteiger partial charge in [0, 0.05) is 18.2 Å². The molecule has 0 aliphatic heterocycles. The predicted molar refractivity (Wildman–Crippen MR) is 78.8 cm³/mol. The molecule has 3 heteroatoms. The summed E-state index contributed by atoms with van der Waals surface area (Å²) in [6, 6.07) is 1.99. The lowest BCUT2D eigenvalue weighted by Gasteiger charge is -2.36. The van der Waals surface area contributed by atoms with E-state index in [-0.39, 0.29) is 0 Å². The van der Waals surface area contributed by atoms with Crippen LogP contribution in [0.25, 0.3) is 0 Å². The summed E-state index contributed by atoms with van der Waals surface area (Å²) in [6.07, 6.45) is 5.03. The Hall–Kier alpha value is -0.960. The van der Waals surface area contributed by atoms with Gasteiger partial charge in [0.25, 0.3) is 0 Å². The van der Waals surface area contributed by atoms with E-state index in [1.54, 1.807) is 0 Å². The average Bonchev–Trinajstić information content (AvgIpc) is 2.37. The van der Waals surface area contributed by atoms with Crippen LogP contribution in [0.4, 0.5) is 0 Å². The van der Waals surface area contributed by atoms with E-state index in [9.17, 15) is 0 Å². The van der Waals surface area contributed by atoms with Crippen LogP contribution in [-0.4, -0.2) is 9.97 Å². The molecule has 1 aliphatic carbocycles. The first-order valence-corrected chi connectivity index (χ1v) is 7.44. The molecule has 1 heterocycles. The lowest BCUT2D eigenvalue weighted by Crippen LogP contribution is -2.26. The molecule has 0 bridgehead atoms. The minimum atomic E-state index is 0.431. The van der Waals surface area contributed by atoms with E-state index >= 15 is 0 Å². The van der Waals surface area contributed by atoms with Gasteiger partial charge in [0.2, 0.25) is 0 Å². The topological polar surface area (TPSA) is 51.8 Å². The van der Waals surface area contributed by atoms with Crippen molar-refractivity contribution in [2.24, 2.45) is 17.1 Å². The Kier molecular flexibility index (Phi) is 4.24. The SMILES string of the molecule is Cc1cc(CN)nc(C2CCC(C(C)(C)C)CC2)n1. The molecule has 0 amide bonds. The number of aryl methyl sites for hydroxylation is 1.